The van der Waals surface area contributed by atoms with Crippen LogP contribution in [0.2, 0.25) is 0 Å². The summed E-state index contributed by atoms with van der Waals surface area (Å²) in [5.74, 6) is -4.42. The molecule has 0 radical (unpaired) electrons. The molecule has 1 heterocycles. The zero-order chi connectivity index (χ0) is 13.9. The number of aliphatic hydroxyl groups excluding tert-OH is 3. The second kappa shape index (κ2) is 6.12. The summed E-state index contributed by atoms with van der Waals surface area (Å²) in [4.78, 5) is 15.3. The highest BCUT2D eigenvalue weighted by Crippen LogP contribution is 2.31. The summed E-state index contributed by atoms with van der Waals surface area (Å²) >= 11 is 3.28. The van der Waals surface area contributed by atoms with Crippen LogP contribution in [0.3, 0.4) is 0 Å². The highest BCUT2D eigenvalue weighted by Gasteiger charge is 2.53. The van der Waals surface area contributed by atoms with Crippen molar-refractivity contribution >= 4 is 18.9 Å². The fourth-order valence-corrected chi connectivity index (χ4v) is 1.77. The average molecular weight is 286 g/mol. The maximum Gasteiger partial charge on any atom is 0.364 e. The molecule has 18 heavy (non-hydrogen) atoms. The Morgan fingerprint density at radius 3 is 2.67 bits per heavy atom. The van der Waals surface area contributed by atoms with Crippen LogP contribution >= 0.6 is 12.9 Å². The summed E-state index contributed by atoms with van der Waals surface area (Å²) in [7, 11) is 0. The van der Waals surface area contributed by atoms with Crippen molar-refractivity contribution in [3.63, 3.8) is 0 Å². The molecule has 0 aromatic rings. The number of carbonyl (C=O) groups is 1. The normalized spacial score (nSPS) is 38.4. The lowest BCUT2D eigenvalue weighted by atomic mass is 9.93. The number of carboxylic acids is 1. The molecule has 0 bridgehead atoms. The van der Waals surface area contributed by atoms with E-state index in [1.54, 1.807) is 0 Å². The van der Waals surface area contributed by atoms with Crippen LogP contribution in [0.4, 0.5) is 0 Å². The zero-order valence-electron chi connectivity index (χ0n) is 9.04. The standard InChI is InChI=1S/C8H14O9S/c9-2-4(11)5-6(16-17-18)3(10)1-8(14,15-5)7(12)13/h3-6,9-11,14,18H,1-2H2,(H,12,13)/t3-,4?,5?,6+,8-/m1/s1. The number of hydrogen-bond donors (Lipinski definition) is 6. The predicted molar refractivity (Wildman–Crippen MR) is 56.1 cm³/mol. The Morgan fingerprint density at radius 2 is 2.22 bits per heavy atom. The van der Waals surface area contributed by atoms with Crippen LogP contribution in [0.15, 0.2) is 0 Å². The molecule has 106 valence electrons. The number of ether oxygens (including phenoxy) is 1. The van der Waals surface area contributed by atoms with Crippen LogP contribution in [-0.4, -0.2) is 68.3 Å². The van der Waals surface area contributed by atoms with E-state index in [-0.39, 0.29) is 0 Å². The molecule has 1 saturated heterocycles. The van der Waals surface area contributed by atoms with Crippen molar-refractivity contribution in [1.29, 1.82) is 0 Å². The number of hydrogen-bond acceptors (Lipinski definition) is 9. The number of rotatable bonds is 5. The average Bonchev–Trinajstić information content (AvgIpc) is 2.31. The predicted octanol–water partition coefficient (Wildman–Crippen LogP) is -2.58. The number of aliphatic hydroxyl groups is 4. The van der Waals surface area contributed by atoms with E-state index in [9.17, 15) is 20.1 Å². The van der Waals surface area contributed by atoms with E-state index in [0.29, 0.717) is 0 Å². The van der Waals surface area contributed by atoms with E-state index < -0.39 is 49.2 Å². The minimum atomic E-state index is -2.68. The Morgan fingerprint density at radius 1 is 1.61 bits per heavy atom. The lowest BCUT2D eigenvalue weighted by molar-refractivity contribution is -0.358. The van der Waals surface area contributed by atoms with Gasteiger partial charge in [0.2, 0.25) is 0 Å². The molecule has 1 fully saturated rings. The van der Waals surface area contributed by atoms with E-state index in [1.807, 2.05) is 0 Å². The van der Waals surface area contributed by atoms with Crippen molar-refractivity contribution in [1.82, 2.24) is 0 Å². The Kier molecular flexibility index (Phi) is 5.31. The van der Waals surface area contributed by atoms with E-state index in [2.05, 4.69) is 22.1 Å². The van der Waals surface area contributed by atoms with Gasteiger partial charge in [0, 0.05) is 19.3 Å². The Balaban J connectivity index is 2.94. The fraction of sp³-hybridized carbons (Fsp3) is 0.875. The van der Waals surface area contributed by atoms with Gasteiger partial charge in [0.1, 0.15) is 18.3 Å². The van der Waals surface area contributed by atoms with Gasteiger partial charge in [0.25, 0.3) is 5.79 Å². The SMILES string of the molecule is O=C(O)[C@@]1(O)C[C@@H](O)[C@H](OOS)C(C(O)CO)O1. The minimum absolute atomic E-state index is 0.696. The summed E-state index contributed by atoms with van der Waals surface area (Å²) < 4.78 is 8.81. The third-order valence-electron chi connectivity index (χ3n) is 2.57. The second-order valence-electron chi connectivity index (χ2n) is 3.83. The quantitative estimate of drug-likeness (QED) is 0.139. The first-order valence-electron chi connectivity index (χ1n) is 4.93. The first-order chi connectivity index (χ1) is 8.35. The first kappa shape index (κ1) is 15.6. The van der Waals surface area contributed by atoms with Crippen molar-refractivity contribution in [2.75, 3.05) is 6.61 Å². The summed E-state index contributed by atoms with van der Waals surface area (Å²) in [6.45, 7) is -0.792. The van der Waals surface area contributed by atoms with Gasteiger partial charge in [-0.05, 0) is 0 Å². The van der Waals surface area contributed by atoms with Gasteiger partial charge in [-0.15, -0.1) is 0 Å². The Labute approximate surface area is 107 Å². The lowest BCUT2D eigenvalue weighted by Crippen LogP contribution is -2.62. The molecule has 5 N–H and O–H groups in total. The van der Waals surface area contributed by atoms with Crippen LogP contribution < -0.4 is 0 Å². The van der Waals surface area contributed by atoms with Crippen molar-refractivity contribution in [3.8, 4) is 0 Å². The van der Waals surface area contributed by atoms with E-state index >= 15 is 0 Å². The molecule has 0 aromatic carbocycles. The number of thiol groups is 1. The minimum Gasteiger partial charge on any atom is -0.477 e. The molecule has 0 aliphatic carbocycles. The van der Waals surface area contributed by atoms with Gasteiger partial charge in [-0.3, -0.25) is 0 Å². The van der Waals surface area contributed by atoms with Crippen LogP contribution in [0.5, 0.6) is 0 Å². The maximum absolute atomic E-state index is 10.8. The van der Waals surface area contributed by atoms with Gasteiger partial charge >= 0.3 is 5.97 Å². The van der Waals surface area contributed by atoms with Crippen LogP contribution in [-0.2, 0) is 18.8 Å². The lowest BCUT2D eigenvalue weighted by Gasteiger charge is -2.42. The first-order valence-corrected chi connectivity index (χ1v) is 5.29. The summed E-state index contributed by atoms with van der Waals surface area (Å²) in [5, 5.41) is 46.4. The molecule has 0 saturated carbocycles. The molecule has 0 aromatic heterocycles. The smallest absolute Gasteiger partial charge is 0.364 e. The topological polar surface area (TPSA) is 146 Å². The molecule has 1 rings (SSSR count). The number of carboxylic acid groups (broad SMARTS) is 1. The van der Waals surface area contributed by atoms with Gasteiger partial charge in [0.05, 0.1) is 12.7 Å². The van der Waals surface area contributed by atoms with Crippen LogP contribution in [0.25, 0.3) is 0 Å². The zero-order valence-corrected chi connectivity index (χ0v) is 9.93. The highest BCUT2D eigenvalue weighted by atomic mass is 32.1. The van der Waals surface area contributed by atoms with E-state index in [4.69, 9.17) is 14.9 Å². The molecule has 10 heteroatoms. The molecular weight excluding hydrogens is 272 g/mol. The Bertz CT molecular complexity index is 300. The molecule has 1 aliphatic rings. The molecule has 2 unspecified atom stereocenters. The Hall–Kier alpha value is -0.460. The number of aliphatic carboxylic acids is 1. The van der Waals surface area contributed by atoms with Gasteiger partial charge in [0.15, 0.2) is 0 Å². The monoisotopic (exact) mass is 286 g/mol. The fourth-order valence-electron chi connectivity index (χ4n) is 1.67. The second-order valence-corrected chi connectivity index (χ2v) is 3.98. The van der Waals surface area contributed by atoms with E-state index in [0.717, 1.165) is 0 Å². The third kappa shape index (κ3) is 3.10. The van der Waals surface area contributed by atoms with Gasteiger partial charge in [-0.1, -0.05) is 0 Å². The summed E-state index contributed by atoms with van der Waals surface area (Å²) in [5.41, 5.74) is 0. The molecule has 5 atom stereocenters. The highest BCUT2D eigenvalue weighted by molar-refractivity contribution is 7.74. The molecule has 9 nitrogen and oxygen atoms in total. The van der Waals surface area contributed by atoms with Gasteiger partial charge in [-0.25, -0.2) is 9.68 Å². The maximum atomic E-state index is 10.8. The summed E-state index contributed by atoms with van der Waals surface area (Å²) in [6.07, 6.45) is -6.60. The van der Waals surface area contributed by atoms with Crippen molar-refractivity contribution in [2.45, 2.75) is 36.6 Å². The van der Waals surface area contributed by atoms with Crippen LogP contribution in [0, 0.1) is 0 Å². The van der Waals surface area contributed by atoms with Gasteiger partial charge in [-0.2, -0.15) is 4.33 Å². The van der Waals surface area contributed by atoms with Crippen LogP contribution in [0.1, 0.15) is 6.42 Å². The largest absolute Gasteiger partial charge is 0.477 e. The third-order valence-corrected chi connectivity index (χ3v) is 2.66. The molecule has 0 spiro atoms. The summed E-state index contributed by atoms with van der Waals surface area (Å²) in [6, 6.07) is 0. The van der Waals surface area contributed by atoms with Crippen molar-refractivity contribution in [2.24, 2.45) is 0 Å². The van der Waals surface area contributed by atoms with Crippen molar-refractivity contribution < 1.29 is 44.3 Å². The molecular formula is C8H14O9S. The van der Waals surface area contributed by atoms with Gasteiger partial charge < -0.3 is 30.3 Å². The molecule has 0 amide bonds. The van der Waals surface area contributed by atoms with E-state index in [1.165, 1.54) is 0 Å². The molecule has 1 aliphatic heterocycles. The van der Waals surface area contributed by atoms with Crippen molar-refractivity contribution in [3.05, 3.63) is 0 Å².